The predicted octanol–water partition coefficient (Wildman–Crippen LogP) is 2.62. The van der Waals surface area contributed by atoms with Crippen LogP contribution in [0.1, 0.15) is 29.3 Å². The summed E-state index contributed by atoms with van der Waals surface area (Å²) >= 11 is 5.47. The van der Waals surface area contributed by atoms with Crippen LogP contribution in [0.5, 0.6) is 0 Å². The quantitative estimate of drug-likeness (QED) is 0.582. The van der Waals surface area contributed by atoms with Gasteiger partial charge in [-0.2, -0.15) is 0 Å². The number of ether oxygens (including phenoxy) is 1. The number of aryl methyl sites for hydroxylation is 1. The summed E-state index contributed by atoms with van der Waals surface area (Å²) in [6, 6.07) is 7.69. The molecule has 1 aromatic rings. The van der Waals surface area contributed by atoms with Gasteiger partial charge in [0, 0.05) is 24.6 Å². The molecule has 0 bridgehead atoms. The minimum absolute atomic E-state index is 0.0324. The van der Waals surface area contributed by atoms with Crippen LogP contribution in [0.4, 0.5) is 0 Å². The Balaban J connectivity index is 2.23. The number of hydrogen-bond donors (Lipinski definition) is 1. The molecule has 0 fully saturated rings. The van der Waals surface area contributed by atoms with E-state index in [1.54, 1.807) is 0 Å². The van der Waals surface area contributed by atoms with Crippen LogP contribution in [0.2, 0.25) is 0 Å². The van der Waals surface area contributed by atoms with Gasteiger partial charge in [0.2, 0.25) is 0 Å². The average molecular weight is 270 g/mol. The number of carbonyl (C=O) groups is 1. The third-order valence-electron chi connectivity index (χ3n) is 2.60. The van der Waals surface area contributed by atoms with Gasteiger partial charge in [-0.15, -0.1) is 11.6 Å². The maximum absolute atomic E-state index is 11.8. The fraction of sp³-hybridized carbons (Fsp3) is 0.500. The number of benzene rings is 1. The van der Waals surface area contributed by atoms with Crippen molar-refractivity contribution in [2.24, 2.45) is 0 Å². The van der Waals surface area contributed by atoms with Gasteiger partial charge in [-0.05, 0) is 30.5 Å². The molecule has 3 nitrogen and oxygen atoms in total. The van der Waals surface area contributed by atoms with Crippen LogP contribution in [0.15, 0.2) is 24.3 Å². The summed E-state index contributed by atoms with van der Waals surface area (Å²) in [5.74, 6) is 0.478. The second kappa shape index (κ2) is 8.95. The molecular weight excluding hydrogens is 250 g/mol. The Morgan fingerprint density at radius 1 is 1.28 bits per heavy atom. The molecule has 4 heteroatoms. The monoisotopic (exact) mass is 269 g/mol. The van der Waals surface area contributed by atoms with Crippen molar-refractivity contribution in [3.63, 3.8) is 0 Å². The van der Waals surface area contributed by atoms with Crippen molar-refractivity contribution in [3.05, 3.63) is 35.4 Å². The average Bonchev–Trinajstić information content (AvgIpc) is 2.42. The molecule has 0 spiro atoms. The molecule has 1 aromatic carbocycles. The molecule has 0 saturated heterocycles. The van der Waals surface area contributed by atoms with Crippen LogP contribution in [-0.4, -0.2) is 31.5 Å². The molecule has 0 aliphatic heterocycles. The van der Waals surface area contributed by atoms with E-state index >= 15 is 0 Å². The molecule has 0 aliphatic carbocycles. The molecule has 18 heavy (non-hydrogen) atoms. The van der Waals surface area contributed by atoms with Crippen molar-refractivity contribution in [1.82, 2.24) is 5.32 Å². The van der Waals surface area contributed by atoms with Crippen molar-refractivity contribution in [2.45, 2.75) is 19.8 Å². The lowest BCUT2D eigenvalue weighted by Gasteiger charge is -2.06. The molecule has 0 radical (unpaired) electrons. The summed E-state index contributed by atoms with van der Waals surface area (Å²) in [6.07, 6.45) is 1.79. The number of amides is 1. The number of halogens is 1. The first kappa shape index (κ1) is 15.0. The Labute approximate surface area is 113 Å². The molecular formula is C14H20ClNO2. The largest absolute Gasteiger partial charge is 0.380 e. The highest BCUT2D eigenvalue weighted by molar-refractivity contribution is 6.17. The SMILES string of the molecule is CCc1ccc(C(=O)NCCCOCCCl)cc1. The molecule has 0 heterocycles. The standard InChI is InChI=1S/C14H20ClNO2/c1-2-12-4-6-13(7-5-12)14(17)16-9-3-10-18-11-8-15/h4-7H,2-3,8-11H2,1H3,(H,16,17). The van der Waals surface area contributed by atoms with Crippen LogP contribution >= 0.6 is 11.6 Å². The highest BCUT2D eigenvalue weighted by atomic mass is 35.5. The molecule has 0 aromatic heterocycles. The van der Waals surface area contributed by atoms with Gasteiger partial charge in [-0.25, -0.2) is 0 Å². The first-order valence-electron chi connectivity index (χ1n) is 6.28. The summed E-state index contributed by atoms with van der Waals surface area (Å²) < 4.78 is 5.22. The van der Waals surface area contributed by atoms with Crippen molar-refractivity contribution in [3.8, 4) is 0 Å². The predicted molar refractivity (Wildman–Crippen MR) is 74.3 cm³/mol. The van der Waals surface area contributed by atoms with Gasteiger partial charge < -0.3 is 10.1 Å². The fourth-order valence-corrected chi connectivity index (χ4v) is 1.64. The van der Waals surface area contributed by atoms with E-state index in [2.05, 4.69) is 12.2 Å². The van der Waals surface area contributed by atoms with Crippen LogP contribution in [0.3, 0.4) is 0 Å². The first-order chi connectivity index (χ1) is 8.77. The van der Waals surface area contributed by atoms with E-state index in [1.807, 2.05) is 24.3 Å². The second-order valence-electron chi connectivity index (χ2n) is 3.96. The highest BCUT2D eigenvalue weighted by Gasteiger charge is 2.03. The molecule has 100 valence electrons. The van der Waals surface area contributed by atoms with Crippen molar-refractivity contribution >= 4 is 17.5 Å². The number of nitrogens with one attached hydrogen (secondary N) is 1. The third-order valence-corrected chi connectivity index (χ3v) is 2.75. The topological polar surface area (TPSA) is 38.3 Å². The molecule has 0 aliphatic rings. The van der Waals surface area contributed by atoms with E-state index in [4.69, 9.17) is 16.3 Å². The Hall–Kier alpha value is -1.06. The highest BCUT2D eigenvalue weighted by Crippen LogP contribution is 2.04. The Morgan fingerprint density at radius 3 is 2.61 bits per heavy atom. The van der Waals surface area contributed by atoms with Gasteiger partial charge in [0.25, 0.3) is 5.91 Å². The molecule has 1 rings (SSSR count). The van der Waals surface area contributed by atoms with Gasteiger partial charge in [-0.1, -0.05) is 19.1 Å². The zero-order valence-corrected chi connectivity index (χ0v) is 11.5. The first-order valence-corrected chi connectivity index (χ1v) is 6.82. The Morgan fingerprint density at radius 2 is 2.00 bits per heavy atom. The lowest BCUT2D eigenvalue weighted by Crippen LogP contribution is -2.25. The van der Waals surface area contributed by atoms with E-state index in [0.29, 0.717) is 31.2 Å². The minimum Gasteiger partial charge on any atom is -0.380 e. The fourth-order valence-electron chi connectivity index (χ4n) is 1.53. The zero-order chi connectivity index (χ0) is 13.2. The minimum atomic E-state index is -0.0324. The van der Waals surface area contributed by atoms with Crippen molar-refractivity contribution in [1.29, 1.82) is 0 Å². The number of carbonyl (C=O) groups excluding carboxylic acids is 1. The van der Waals surface area contributed by atoms with Crippen molar-refractivity contribution in [2.75, 3.05) is 25.6 Å². The number of alkyl halides is 1. The van der Waals surface area contributed by atoms with Gasteiger partial charge >= 0.3 is 0 Å². The van der Waals surface area contributed by atoms with Crippen LogP contribution in [0.25, 0.3) is 0 Å². The number of hydrogen-bond acceptors (Lipinski definition) is 2. The number of rotatable bonds is 8. The molecule has 0 atom stereocenters. The smallest absolute Gasteiger partial charge is 0.251 e. The maximum Gasteiger partial charge on any atom is 0.251 e. The Bertz CT molecular complexity index is 351. The zero-order valence-electron chi connectivity index (χ0n) is 10.7. The van der Waals surface area contributed by atoms with Crippen LogP contribution < -0.4 is 5.32 Å². The third kappa shape index (κ3) is 5.52. The molecule has 1 amide bonds. The van der Waals surface area contributed by atoms with Crippen LogP contribution in [-0.2, 0) is 11.2 Å². The maximum atomic E-state index is 11.8. The van der Waals surface area contributed by atoms with Gasteiger partial charge in [0.15, 0.2) is 0 Å². The van der Waals surface area contributed by atoms with Crippen molar-refractivity contribution < 1.29 is 9.53 Å². The Kier molecular flexibility index (Phi) is 7.46. The van der Waals surface area contributed by atoms with Gasteiger partial charge in [0.05, 0.1) is 6.61 Å². The van der Waals surface area contributed by atoms with E-state index < -0.39 is 0 Å². The van der Waals surface area contributed by atoms with E-state index in [1.165, 1.54) is 5.56 Å². The van der Waals surface area contributed by atoms with E-state index in [-0.39, 0.29) is 5.91 Å². The van der Waals surface area contributed by atoms with Gasteiger partial charge in [0.1, 0.15) is 0 Å². The lowest BCUT2D eigenvalue weighted by molar-refractivity contribution is 0.0944. The summed E-state index contributed by atoms with van der Waals surface area (Å²) in [5.41, 5.74) is 1.94. The van der Waals surface area contributed by atoms with E-state index in [0.717, 1.165) is 12.8 Å². The summed E-state index contributed by atoms with van der Waals surface area (Å²) in [7, 11) is 0. The molecule has 1 N–H and O–H groups in total. The van der Waals surface area contributed by atoms with E-state index in [9.17, 15) is 4.79 Å². The lowest BCUT2D eigenvalue weighted by atomic mass is 10.1. The normalized spacial score (nSPS) is 10.3. The second-order valence-corrected chi connectivity index (χ2v) is 4.34. The summed E-state index contributed by atoms with van der Waals surface area (Å²) in [5, 5.41) is 2.86. The van der Waals surface area contributed by atoms with Gasteiger partial charge in [-0.3, -0.25) is 4.79 Å². The summed E-state index contributed by atoms with van der Waals surface area (Å²) in [6.45, 7) is 3.91. The summed E-state index contributed by atoms with van der Waals surface area (Å²) in [4.78, 5) is 11.8. The molecule has 0 saturated carbocycles. The molecule has 0 unspecified atom stereocenters. The van der Waals surface area contributed by atoms with Crippen LogP contribution in [0, 0.1) is 0 Å².